The van der Waals surface area contributed by atoms with Crippen LogP contribution in [0.5, 0.6) is 5.75 Å². The molecule has 0 amide bonds. The molecule has 0 spiro atoms. The van der Waals surface area contributed by atoms with Crippen LogP contribution in [0.1, 0.15) is 11.1 Å². The van der Waals surface area contributed by atoms with Gasteiger partial charge in [-0.3, -0.25) is 0 Å². The highest BCUT2D eigenvalue weighted by molar-refractivity contribution is 7.21. The number of thiazole rings is 1. The van der Waals surface area contributed by atoms with Gasteiger partial charge in [-0.1, -0.05) is 11.3 Å². The molecule has 0 fully saturated rings. The number of nitrogens with two attached hydrogens (primary N) is 1. The van der Waals surface area contributed by atoms with E-state index in [-0.39, 0.29) is 5.82 Å². The fraction of sp³-hybridized carbons (Fsp3) is 0.190. The average molecular weight is 434 g/mol. The van der Waals surface area contributed by atoms with Crippen LogP contribution in [-0.4, -0.2) is 33.0 Å². The maximum absolute atomic E-state index is 11.1. The maximum Gasteiger partial charge on any atom is 0.365 e. The highest BCUT2D eigenvalue weighted by atomic mass is 32.1. The van der Waals surface area contributed by atoms with Crippen molar-refractivity contribution >= 4 is 38.3 Å². The molecular weight excluding hydrogens is 416 g/mol. The molecule has 1 aromatic carbocycles. The molecule has 2 N–H and O–H groups in total. The fourth-order valence-electron chi connectivity index (χ4n) is 3.80. The number of nitrogen functional groups attached to an aromatic ring is 1. The van der Waals surface area contributed by atoms with E-state index < -0.39 is 4.92 Å². The number of aryl methyl sites for hydroxylation is 1. The van der Waals surface area contributed by atoms with Gasteiger partial charge >= 0.3 is 5.82 Å². The van der Waals surface area contributed by atoms with Crippen molar-refractivity contribution in [3.63, 3.8) is 0 Å². The van der Waals surface area contributed by atoms with Gasteiger partial charge in [0.1, 0.15) is 28.9 Å². The molecule has 4 aromatic rings. The molecule has 0 aliphatic carbocycles. The Kier molecular flexibility index (Phi) is 4.63. The summed E-state index contributed by atoms with van der Waals surface area (Å²) >= 11 is 1.36. The number of benzene rings is 1. The first kappa shape index (κ1) is 19.2. The number of nitro groups is 1. The van der Waals surface area contributed by atoms with E-state index in [0.29, 0.717) is 24.8 Å². The summed E-state index contributed by atoms with van der Waals surface area (Å²) in [4.78, 5) is 26.2. The molecule has 9 nitrogen and oxygen atoms in total. The van der Waals surface area contributed by atoms with Crippen molar-refractivity contribution in [3.05, 3.63) is 64.0 Å². The van der Waals surface area contributed by atoms with E-state index >= 15 is 0 Å². The quantitative estimate of drug-likeness (QED) is 0.380. The lowest BCUT2D eigenvalue weighted by Gasteiger charge is -2.21. The van der Waals surface area contributed by atoms with Gasteiger partial charge < -0.3 is 25.5 Å². The number of hydrogen-bond donors (Lipinski definition) is 1. The minimum Gasteiger partial charge on any atom is -0.491 e. The Morgan fingerprint density at radius 3 is 2.94 bits per heavy atom. The highest BCUT2D eigenvalue weighted by Crippen LogP contribution is 2.35. The monoisotopic (exact) mass is 434 g/mol. The maximum atomic E-state index is 11.1. The first-order valence-electron chi connectivity index (χ1n) is 9.62. The van der Waals surface area contributed by atoms with Crippen LogP contribution in [0, 0.1) is 17.0 Å². The summed E-state index contributed by atoms with van der Waals surface area (Å²) in [7, 11) is 0. The van der Waals surface area contributed by atoms with Crippen molar-refractivity contribution < 1.29 is 9.66 Å². The molecule has 1 aliphatic rings. The van der Waals surface area contributed by atoms with Gasteiger partial charge in [0.25, 0.3) is 0 Å². The second-order valence-electron chi connectivity index (χ2n) is 7.28. The predicted octanol–water partition coefficient (Wildman–Crippen LogP) is 3.95. The number of anilines is 2. The van der Waals surface area contributed by atoms with E-state index in [0.717, 1.165) is 44.0 Å². The molecule has 0 unspecified atom stereocenters. The molecule has 10 heteroatoms. The molecule has 0 atom stereocenters. The summed E-state index contributed by atoms with van der Waals surface area (Å²) in [6.45, 7) is 3.66. The molecule has 3 aromatic heterocycles. The number of rotatable bonds is 3. The molecule has 31 heavy (non-hydrogen) atoms. The lowest BCUT2D eigenvalue weighted by atomic mass is 9.99. The van der Waals surface area contributed by atoms with Gasteiger partial charge in [-0.2, -0.15) is 0 Å². The molecule has 0 bridgehead atoms. The molecular formula is C21H18N6O3S. The fourth-order valence-corrected chi connectivity index (χ4v) is 4.46. The Labute approximate surface area is 181 Å². The van der Waals surface area contributed by atoms with Crippen molar-refractivity contribution in [2.45, 2.75) is 13.5 Å². The molecule has 5 rings (SSSR count). The highest BCUT2D eigenvalue weighted by Gasteiger charge is 2.21. The largest absolute Gasteiger partial charge is 0.491 e. The van der Waals surface area contributed by atoms with Gasteiger partial charge in [0.15, 0.2) is 5.13 Å². The van der Waals surface area contributed by atoms with E-state index in [9.17, 15) is 10.1 Å². The van der Waals surface area contributed by atoms with Crippen molar-refractivity contribution in [2.75, 3.05) is 23.8 Å². The van der Waals surface area contributed by atoms with E-state index in [1.54, 1.807) is 6.07 Å². The van der Waals surface area contributed by atoms with Crippen LogP contribution < -0.4 is 15.4 Å². The van der Waals surface area contributed by atoms with Gasteiger partial charge in [-0.05, 0) is 46.2 Å². The third-order valence-corrected chi connectivity index (χ3v) is 6.01. The zero-order valence-corrected chi connectivity index (χ0v) is 17.4. The number of hydrogen-bond acceptors (Lipinski definition) is 9. The second kappa shape index (κ2) is 7.47. The van der Waals surface area contributed by atoms with Crippen LogP contribution in [0.15, 0.2) is 42.7 Å². The first-order valence-corrected chi connectivity index (χ1v) is 10.4. The Morgan fingerprint density at radius 1 is 1.23 bits per heavy atom. The van der Waals surface area contributed by atoms with Crippen LogP contribution in [0.2, 0.25) is 0 Å². The summed E-state index contributed by atoms with van der Waals surface area (Å²) in [5.41, 5.74) is 11.3. The number of aromatic nitrogens is 3. The third kappa shape index (κ3) is 3.61. The first-order chi connectivity index (χ1) is 15.0. The normalized spacial score (nSPS) is 13.5. The minimum atomic E-state index is -0.484. The minimum absolute atomic E-state index is 0.172. The topological polar surface area (TPSA) is 120 Å². The number of pyridine rings is 2. The molecule has 0 saturated heterocycles. The van der Waals surface area contributed by atoms with Crippen molar-refractivity contribution in [3.8, 4) is 16.9 Å². The Morgan fingerprint density at radius 2 is 2.10 bits per heavy atom. The Balaban J connectivity index is 1.53. The standard InChI is InChI=1S/C21H18N6O3S/c1-12-6-13(14-8-17-20(24-10-14)31-21(22)25-17)7-15-11-26(4-5-30-19(12)15)16-2-3-23-18(9-16)27(28)29/h2-3,6-10H,4-5,11H2,1H3,(H2,22,25). The summed E-state index contributed by atoms with van der Waals surface area (Å²) in [5.74, 6) is 0.677. The average Bonchev–Trinajstić information content (AvgIpc) is 2.99. The Bertz CT molecular complexity index is 1320. The zero-order chi connectivity index (χ0) is 21.5. The van der Waals surface area contributed by atoms with Gasteiger partial charge in [-0.15, -0.1) is 0 Å². The van der Waals surface area contributed by atoms with Crippen LogP contribution in [-0.2, 0) is 6.54 Å². The summed E-state index contributed by atoms with van der Waals surface area (Å²) < 4.78 is 6.04. The summed E-state index contributed by atoms with van der Waals surface area (Å²) in [6, 6.07) is 9.41. The SMILES string of the molecule is Cc1cc(-c2cnc3sc(N)nc3c2)cc2c1OCCN(c1ccnc([N+](=O)[O-])c1)C2. The zero-order valence-electron chi connectivity index (χ0n) is 16.6. The van der Waals surface area contributed by atoms with Gasteiger partial charge in [0.2, 0.25) is 0 Å². The lowest BCUT2D eigenvalue weighted by Crippen LogP contribution is -2.25. The van der Waals surface area contributed by atoms with E-state index in [4.69, 9.17) is 10.5 Å². The van der Waals surface area contributed by atoms with E-state index in [2.05, 4.69) is 32.0 Å². The third-order valence-electron chi connectivity index (χ3n) is 5.20. The molecule has 0 saturated carbocycles. The smallest absolute Gasteiger partial charge is 0.365 e. The molecule has 1 aliphatic heterocycles. The molecule has 4 heterocycles. The van der Waals surface area contributed by atoms with Crippen LogP contribution in [0.4, 0.5) is 16.6 Å². The predicted molar refractivity (Wildman–Crippen MR) is 119 cm³/mol. The van der Waals surface area contributed by atoms with E-state index in [1.165, 1.54) is 23.6 Å². The van der Waals surface area contributed by atoms with Gasteiger partial charge in [0.05, 0.1) is 12.6 Å². The van der Waals surface area contributed by atoms with Crippen LogP contribution in [0.3, 0.4) is 0 Å². The van der Waals surface area contributed by atoms with Crippen molar-refractivity contribution in [1.82, 2.24) is 15.0 Å². The molecule has 156 valence electrons. The van der Waals surface area contributed by atoms with Gasteiger partial charge in [0, 0.05) is 35.6 Å². The van der Waals surface area contributed by atoms with Crippen LogP contribution >= 0.6 is 11.3 Å². The van der Waals surface area contributed by atoms with Crippen LogP contribution in [0.25, 0.3) is 21.5 Å². The van der Waals surface area contributed by atoms with Crippen molar-refractivity contribution in [1.29, 1.82) is 0 Å². The van der Waals surface area contributed by atoms with E-state index in [1.807, 2.05) is 19.2 Å². The second-order valence-corrected chi connectivity index (χ2v) is 8.29. The number of ether oxygens (including phenoxy) is 1. The Hall–Kier alpha value is -3.79. The number of nitrogens with zero attached hydrogens (tertiary/aromatic N) is 5. The summed E-state index contributed by atoms with van der Waals surface area (Å²) in [5, 5.41) is 11.6. The van der Waals surface area contributed by atoms with Gasteiger partial charge in [-0.25, -0.2) is 9.97 Å². The molecule has 0 radical (unpaired) electrons. The van der Waals surface area contributed by atoms with Crippen molar-refractivity contribution in [2.24, 2.45) is 0 Å². The number of fused-ring (bicyclic) bond motifs is 2. The summed E-state index contributed by atoms with van der Waals surface area (Å²) in [6.07, 6.45) is 3.28. The lowest BCUT2D eigenvalue weighted by molar-refractivity contribution is -0.389.